The van der Waals surface area contributed by atoms with E-state index in [0.29, 0.717) is 21.9 Å². The van der Waals surface area contributed by atoms with Crippen molar-refractivity contribution in [1.82, 2.24) is 0 Å². The average Bonchev–Trinajstić information content (AvgIpc) is 3.01. The first-order valence-corrected chi connectivity index (χ1v) is 10.0. The van der Waals surface area contributed by atoms with Crippen molar-refractivity contribution in [2.24, 2.45) is 0 Å². The molecule has 29 heavy (non-hydrogen) atoms. The van der Waals surface area contributed by atoms with Gasteiger partial charge in [0.05, 0.1) is 12.2 Å². The molecule has 0 saturated heterocycles. The molecule has 0 aliphatic rings. The monoisotopic (exact) mass is 415 g/mol. The van der Waals surface area contributed by atoms with Gasteiger partial charge in [-0.1, -0.05) is 6.92 Å². The molecule has 1 amide bonds. The summed E-state index contributed by atoms with van der Waals surface area (Å²) in [5.41, 5.74) is 1.12. The molecule has 3 rings (SSSR count). The Morgan fingerprint density at radius 1 is 1.17 bits per heavy atom. The van der Waals surface area contributed by atoms with Gasteiger partial charge in [0.1, 0.15) is 16.3 Å². The molecule has 0 radical (unpaired) electrons. The van der Waals surface area contributed by atoms with Crippen LogP contribution in [0.1, 0.15) is 34.6 Å². The molecule has 3 aromatic rings. The fourth-order valence-electron chi connectivity index (χ4n) is 2.88. The zero-order valence-electron chi connectivity index (χ0n) is 16.4. The van der Waals surface area contributed by atoms with Crippen LogP contribution in [0.25, 0.3) is 11.0 Å². The second-order valence-corrected chi connectivity index (χ2v) is 7.32. The Morgan fingerprint density at radius 3 is 2.66 bits per heavy atom. The first kappa shape index (κ1) is 20.6. The summed E-state index contributed by atoms with van der Waals surface area (Å²) in [5.74, 6) is -0.472. The summed E-state index contributed by atoms with van der Waals surface area (Å²) in [6.07, 6.45) is 0.748. The maximum Gasteiger partial charge on any atom is 0.341 e. The molecule has 0 aliphatic heterocycles. The van der Waals surface area contributed by atoms with E-state index in [-0.39, 0.29) is 13.2 Å². The molecule has 0 bridgehead atoms. The van der Waals surface area contributed by atoms with E-state index in [1.807, 2.05) is 13.8 Å². The highest BCUT2D eigenvalue weighted by Gasteiger charge is 2.23. The molecular formula is C21H21NO6S. The Bertz CT molecular complexity index is 1110. The molecule has 1 aromatic carbocycles. The number of anilines is 1. The van der Waals surface area contributed by atoms with E-state index in [4.69, 9.17) is 13.9 Å². The van der Waals surface area contributed by atoms with Crippen molar-refractivity contribution in [3.8, 4) is 5.75 Å². The zero-order valence-corrected chi connectivity index (χ0v) is 17.2. The average molecular weight is 415 g/mol. The van der Waals surface area contributed by atoms with Crippen molar-refractivity contribution in [2.75, 3.05) is 18.5 Å². The van der Waals surface area contributed by atoms with Gasteiger partial charge in [-0.25, -0.2) is 9.59 Å². The normalized spacial score (nSPS) is 10.7. The lowest BCUT2D eigenvalue weighted by Crippen LogP contribution is -2.21. The van der Waals surface area contributed by atoms with Gasteiger partial charge in [-0.2, -0.15) is 0 Å². The minimum atomic E-state index is -0.460. The second-order valence-electron chi connectivity index (χ2n) is 6.22. The molecule has 0 unspecified atom stereocenters. The van der Waals surface area contributed by atoms with Crippen LogP contribution in [0.2, 0.25) is 0 Å². The third-order valence-corrected chi connectivity index (χ3v) is 5.62. The number of fused-ring (bicyclic) bond motifs is 1. The molecule has 0 aliphatic carbocycles. The number of nitrogens with one attached hydrogen (secondary N) is 1. The summed E-state index contributed by atoms with van der Waals surface area (Å²) in [4.78, 5) is 37.0. The van der Waals surface area contributed by atoms with Gasteiger partial charge in [-0.3, -0.25) is 4.79 Å². The summed E-state index contributed by atoms with van der Waals surface area (Å²) in [6.45, 7) is 5.56. The molecule has 2 aromatic heterocycles. The van der Waals surface area contributed by atoms with Gasteiger partial charge in [0, 0.05) is 22.4 Å². The Balaban J connectivity index is 1.72. The summed E-state index contributed by atoms with van der Waals surface area (Å²) >= 11 is 1.36. The molecule has 7 nitrogen and oxygen atoms in total. The van der Waals surface area contributed by atoms with Gasteiger partial charge >= 0.3 is 11.6 Å². The maximum atomic E-state index is 12.4. The Labute approximate surface area is 171 Å². The number of benzene rings is 1. The van der Waals surface area contributed by atoms with E-state index in [0.717, 1.165) is 22.2 Å². The standard InChI is InChI=1S/C21H21NO6S/c1-4-16-12(3)19(21(25)26-5-2)20(29-16)22-17(23)11-27-14-8-6-13-7-9-18(24)28-15(13)10-14/h6-10H,4-5,11H2,1-3H3,(H,22,23). The highest BCUT2D eigenvalue weighted by atomic mass is 32.1. The Kier molecular flexibility index (Phi) is 6.33. The van der Waals surface area contributed by atoms with E-state index < -0.39 is 17.5 Å². The van der Waals surface area contributed by atoms with Crippen molar-refractivity contribution in [2.45, 2.75) is 27.2 Å². The number of aryl methyl sites for hydroxylation is 1. The number of carbonyl (C=O) groups is 2. The summed E-state index contributed by atoms with van der Waals surface area (Å²) in [6, 6.07) is 7.97. The molecule has 2 heterocycles. The third-order valence-electron chi connectivity index (χ3n) is 4.26. The summed E-state index contributed by atoms with van der Waals surface area (Å²) < 4.78 is 15.7. The van der Waals surface area contributed by atoms with Gasteiger partial charge in [-0.05, 0) is 44.0 Å². The number of hydrogen-bond donors (Lipinski definition) is 1. The first-order chi connectivity index (χ1) is 13.9. The van der Waals surface area contributed by atoms with Crippen LogP contribution in [0, 0.1) is 6.92 Å². The second kappa shape index (κ2) is 8.91. The maximum absolute atomic E-state index is 12.4. The molecule has 8 heteroatoms. The smallest absolute Gasteiger partial charge is 0.341 e. The van der Waals surface area contributed by atoms with Crippen molar-refractivity contribution in [3.63, 3.8) is 0 Å². The van der Waals surface area contributed by atoms with Gasteiger partial charge in [0.15, 0.2) is 6.61 Å². The first-order valence-electron chi connectivity index (χ1n) is 9.18. The van der Waals surface area contributed by atoms with Gasteiger partial charge < -0.3 is 19.2 Å². The molecule has 0 spiro atoms. The lowest BCUT2D eigenvalue weighted by atomic mass is 10.1. The fraction of sp³-hybridized carbons (Fsp3) is 0.286. The Morgan fingerprint density at radius 2 is 1.93 bits per heavy atom. The number of amides is 1. The summed E-state index contributed by atoms with van der Waals surface area (Å²) in [7, 11) is 0. The van der Waals surface area contributed by atoms with E-state index in [1.54, 1.807) is 31.2 Å². The van der Waals surface area contributed by atoms with Crippen molar-refractivity contribution < 1.29 is 23.5 Å². The van der Waals surface area contributed by atoms with Crippen molar-refractivity contribution in [1.29, 1.82) is 0 Å². The minimum absolute atomic E-state index is 0.254. The number of esters is 1. The highest BCUT2D eigenvalue weighted by molar-refractivity contribution is 7.17. The number of thiophene rings is 1. The highest BCUT2D eigenvalue weighted by Crippen LogP contribution is 2.34. The molecule has 152 valence electrons. The van der Waals surface area contributed by atoms with E-state index in [9.17, 15) is 14.4 Å². The predicted octanol–water partition coefficient (Wildman–Crippen LogP) is 3.92. The largest absolute Gasteiger partial charge is 0.484 e. The SMILES string of the molecule is CCOC(=O)c1c(NC(=O)COc2ccc3ccc(=O)oc3c2)sc(CC)c1C. The van der Waals surface area contributed by atoms with E-state index in [2.05, 4.69) is 5.32 Å². The van der Waals surface area contributed by atoms with Crippen LogP contribution < -0.4 is 15.7 Å². The molecule has 0 saturated carbocycles. The van der Waals surface area contributed by atoms with Gasteiger partial charge in [0.25, 0.3) is 5.91 Å². The van der Waals surface area contributed by atoms with E-state index in [1.165, 1.54) is 17.4 Å². The number of hydrogen-bond acceptors (Lipinski definition) is 7. The third kappa shape index (κ3) is 4.65. The van der Waals surface area contributed by atoms with Crippen LogP contribution >= 0.6 is 11.3 Å². The molecule has 1 N–H and O–H groups in total. The van der Waals surface area contributed by atoms with Crippen LogP contribution in [0.4, 0.5) is 5.00 Å². The van der Waals surface area contributed by atoms with Crippen molar-refractivity contribution >= 4 is 39.2 Å². The van der Waals surface area contributed by atoms with Crippen LogP contribution in [0.5, 0.6) is 5.75 Å². The molecule has 0 atom stereocenters. The topological polar surface area (TPSA) is 94.8 Å². The van der Waals surface area contributed by atoms with E-state index >= 15 is 0 Å². The Hall–Kier alpha value is -3.13. The number of rotatable bonds is 7. The van der Waals surface area contributed by atoms with Crippen LogP contribution in [0.3, 0.4) is 0 Å². The quantitative estimate of drug-likeness (QED) is 0.464. The number of ether oxygens (including phenoxy) is 2. The zero-order chi connectivity index (χ0) is 21.0. The lowest BCUT2D eigenvalue weighted by Gasteiger charge is -2.09. The van der Waals surface area contributed by atoms with Crippen molar-refractivity contribution in [3.05, 3.63) is 56.8 Å². The number of carbonyl (C=O) groups excluding carboxylic acids is 2. The van der Waals surface area contributed by atoms with Crippen LogP contribution in [-0.2, 0) is 16.0 Å². The lowest BCUT2D eigenvalue weighted by molar-refractivity contribution is -0.118. The minimum Gasteiger partial charge on any atom is -0.484 e. The summed E-state index contributed by atoms with van der Waals surface area (Å²) in [5, 5.41) is 3.95. The fourth-order valence-corrected chi connectivity index (χ4v) is 4.03. The molecule has 0 fully saturated rings. The van der Waals surface area contributed by atoms with Gasteiger partial charge in [0.2, 0.25) is 0 Å². The van der Waals surface area contributed by atoms with Crippen LogP contribution in [0.15, 0.2) is 39.5 Å². The van der Waals surface area contributed by atoms with Gasteiger partial charge in [-0.15, -0.1) is 11.3 Å². The van der Waals surface area contributed by atoms with Crippen LogP contribution in [-0.4, -0.2) is 25.1 Å². The predicted molar refractivity (Wildman–Crippen MR) is 111 cm³/mol. The molecular weight excluding hydrogens is 394 g/mol.